The lowest BCUT2D eigenvalue weighted by Crippen LogP contribution is -2.50. The topological polar surface area (TPSA) is 57.7 Å². The van der Waals surface area contributed by atoms with Crippen LogP contribution < -0.4 is 5.32 Å². The summed E-state index contributed by atoms with van der Waals surface area (Å²) in [6.45, 7) is 2.05. The van der Waals surface area contributed by atoms with Crippen LogP contribution in [0.1, 0.15) is 6.42 Å². The number of rotatable bonds is 7. The molecule has 0 bridgehead atoms. The molecule has 2 aromatic rings. The van der Waals surface area contributed by atoms with Crippen molar-refractivity contribution >= 4 is 23.1 Å². The summed E-state index contributed by atoms with van der Waals surface area (Å²) in [5.41, 5.74) is 1.67. The van der Waals surface area contributed by atoms with Crippen LogP contribution in [0.2, 0.25) is 0 Å². The van der Waals surface area contributed by atoms with Crippen molar-refractivity contribution < 1.29 is 22.7 Å². The van der Waals surface area contributed by atoms with E-state index in [-0.39, 0.29) is 12.6 Å². The summed E-state index contributed by atoms with van der Waals surface area (Å²) < 4.78 is 40.7. The van der Waals surface area contributed by atoms with Crippen molar-refractivity contribution in [1.82, 2.24) is 14.8 Å². The summed E-state index contributed by atoms with van der Waals surface area (Å²) in [5.74, 6) is 0. The van der Waals surface area contributed by atoms with Gasteiger partial charge < -0.3 is 15.0 Å². The zero-order valence-electron chi connectivity index (χ0n) is 15.8. The largest absolute Gasteiger partial charge is 0.411 e. The van der Waals surface area contributed by atoms with E-state index in [1.807, 2.05) is 29.6 Å². The van der Waals surface area contributed by atoms with Gasteiger partial charge in [-0.15, -0.1) is 11.3 Å². The average Bonchev–Trinajstić information content (AvgIpc) is 3.22. The van der Waals surface area contributed by atoms with Crippen LogP contribution in [-0.4, -0.2) is 72.9 Å². The van der Waals surface area contributed by atoms with Gasteiger partial charge in [0.2, 0.25) is 0 Å². The Balaban J connectivity index is 1.39. The maximum absolute atomic E-state index is 12.5. The molecule has 0 saturated carbocycles. The molecule has 0 aliphatic carbocycles. The fraction of sp³-hybridized carbons (Fsp3) is 0.474. The highest BCUT2D eigenvalue weighted by Crippen LogP contribution is 2.24. The molecule has 1 saturated heterocycles. The summed E-state index contributed by atoms with van der Waals surface area (Å²) in [6.07, 6.45) is -2.00. The van der Waals surface area contributed by atoms with Crippen LogP contribution in [0.5, 0.6) is 0 Å². The Labute approximate surface area is 171 Å². The van der Waals surface area contributed by atoms with Crippen LogP contribution in [0.25, 0.3) is 10.6 Å². The molecule has 1 N–H and O–H groups in total. The van der Waals surface area contributed by atoms with Crippen LogP contribution in [-0.2, 0) is 4.74 Å². The number of hydrogen-bond donors (Lipinski definition) is 1. The second-order valence-corrected chi connectivity index (χ2v) is 7.59. The zero-order valence-corrected chi connectivity index (χ0v) is 16.6. The maximum Gasteiger partial charge on any atom is 0.411 e. The van der Waals surface area contributed by atoms with E-state index in [2.05, 4.69) is 19.9 Å². The van der Waals surface area contributed by atoms with Crippen LogP contribution >= 0.6 is 11.3 Å². The molecule has 10 heteroatoms. The predicted molar refractivity (Wildman–Crippen MR) is 106 cm³/mol. The molecule has 0 radical (unpaired) electrons. The number of thiazole rings is 1. The molecule has 6 nitrogen and oxygen atoms in total. The van der Waals surface area contributed by atoms with Gasteiger partial charge >= 0.3 is 12.2 Å². The van der Waals surface area contributed by atoms with E-state index in [1.165, 1.54) is 11.3 Å². The Morgan fingerprint density at radius 3 is 2.72 bits per heavy atom. The number of benzene rings is 1. The van der Waals surface area contributed by atoms with Crippen LogP contribution in [0.4, 0.5) is 23.7 Å². The first-order valence-electron chi connectivity index (χ1n) is 9.33. The lowest BCUT2D eigenvalue weighted by atomic mass is 10.2. The zero-order chi connectivity index (χ0) is 20.7. The molecule has 1 fully saturated rings. The number of urea groups is 1. The quantitative estimate of drug-likeness (QED) is 0.679. The minimum Gasteiger partial charge on any atom is -0.372 e. The van der Waals surface area contributed by atoms with Gasteiger partial charge in [0, 0.05) is 62.2 Å². The summed E-state index contributed by atoms with van der Waals surface area (Å²) in [7, 11) is 0. The maximum atomic E-state index is 12.5. The second-order valence-electron chi connectivity index (χ2n) is 6.70. The first kappa shape index (κ1) is 21.5. The summed E-state index contributed by atoms with van der Waals surface area (Å²) >= 11 is 1.54. The number of carbonyl (C=O) groups excluding carboxylic acids is 1. The Kier molecular flexibility index (Phi) is 7.45. The van der Waals surface area contributed by atoms with Gasteiger partial charge in [0.1, 0.15) is 11.6 Å². The first-order chi connectivity index (χ1) is 13.9. The van der Waals surface area contributed by atoms with Gasteiger partial charge in [-0.05, 0) is 18.6 Å². The number of ether oxygens (including phenoxy) is 1. The highest BCUT2D eigenvalue weighted by Gasteiger charge is 2.27. The summed E-state index contributed by atoms with van der Waals surface area (Å²) in [5, 5.41) is 5.72. The van der Waals surface area contributed by atoms with Crippen LogP contribution in [0, 0.1) is 0 Å². The number of nitrogens with one attached hydrogen (secondary N) is 1. The molecule has 0 unspecified atom stereocenters. The van der Waals surface area contributed by atoms with Crippen molar-refractivity contribution in [3.63, 3.8) is 0 Å². The van der Waals surface area contributed by atoms with Crippen LogP contribution in [0.3, 0.4) is 0 Å². The third-order valence-electron chi connectivity index (χ3n) is 4.48. The molecule has 1 aliphatic heterocycles. The molecule has 2 amide bonds. The number of piperazine rings is 1. The summed E-state index contributed by atoms with van der Waals surface area (Å²) in [4.78, 5) is 20.7. The third kappa shape index (κ3) is 6.98. The number of aromatic nitrogens is 1. The van der Waals surface area contributed by atoms with E-state index in [9.17, 15) is 18.0 Å². The van der Waals surface area contributed by atoms with E-state index in [0.717, 1.165) is 10.6 Å². The Morgan fingerprint density at radius 2 is 2.03 bits per heavy atom. The molecule has 158 valence electrons. The third-order valence-corrected chi connectivity index (χ3v) is 5.30. The fourth-order valence-corrected chi connectivity index (χ4v) is 3.69. The lowest BCUT2D eigenvalue weighted by molar-refractivity contribution is -0.174. The average molecular weight is 428 g/mol. The minimum absolute atomic E-state index is 0.0790. The predicted octanol–water partition coefficient (Wildman–Crippen LogP) is 3.93. The molecule has 2 heterocycles. The van der Waals surface area contributed by atoms with E-state index in [4.69, 9.17) is 0 Å². The van der Waals surface area contributed by atoms with Crippen molar-refractivity contribution in [3.05, 3.63) is 35.8 Å². The van der Waals surface area contributed by atoms with Crippen molar-refractivity contribution in [3.8, 4) is 10.6 Å². The molecule has 0 atom stereocenters. The van der Waals surface area contributed by atoms with Crippen LogP contribution in [0.15, 0.2) is 35.8 Å². The number of halogens is 3. The van der Waals surface area contributed by atoms with Gasteiger partial charge in [-0.1, -0.05) is 12.1 Å². The van der Waals surface area contributed by atoms with Gasteiger partial charge in [-0.3, -0.25) is 4.90 Å². The number of nitrogens with zero attached hydrogens (tertiary/aromatic N) is 3. The van der Waals surface area contributed by atoms with E-state index < -0.39 is 12.8 Å². The first-order valence-corrected chi connectivity index (χ1v) is 10.2. The Hall–Kier alpha value is -2.17. The van der Waals surface area contributed by atoms with Gasteiger partial charge in [-0.25, -0.2) is 9.78 Å². The van der Waals surface area contributed by atoms with Gasteiger partial charge in [0.25, 0.3) is 0 Å². The fourth-order valence-electron chi connectivity index (χ4n) is 3.05. The number of hydrogen-bond acceptors (Lipinski definition) is 5. The normalized spacial score (nSPS) is 15.5. The van der Waals surface area contributed by atoms with Gasteiger partial charge in [-0.2, -0.15) is 13.2 Å². The number of carbonyl (C=O) groups is 1. The molecule has 0 spiro atoms. The molecule has 1 aromatic carbocycles. The molecule has 29 heavy (non-hydrogen) atoms. The molecular formula is C19H23F3N4O2S. The van der Waals surface area contributed by atoms with E-state index in [1.54, 1.807) is 11.1 Å². The smallest absolute Gasteiger partial charge is 0.372 e. The van der Waals surface area contributed by atoms with Gasteiger partial charge in [0.05, 0.1) is 0 Å². The lowest BCUT2D eigenvalue weighted by Gasteiger charge is -2.34. The van der Waals surface area contributed by atoms with Crippen molar-refractivity contribution in [2.45, 2.75) is 12.6 Å². The van der Waals surface area contributed by atoms with Crippen molar-refractivity contribution in [2.75, 3.05) is 51.3 Å². The minimum atomic E-state index is -4.28. The van der Waals surface area contributed by atoms with Crippen molar-refractivity contribution in [2.24, 2.45) is 0 Å². The highest BCUT2D eigenvalue weighted by molar-refractivity contribution is 7.13. The van der Waals surface area contributed by atoms with E-state index >= 15 is 0 Å². The second kappa shape index (κ2) is 10.0. The number of anilines is 1. The molecule has 1 aliphatic rings. The highest BCUT2D eigenvalue weighted by atomic mass is 32.1. The standard InChI is InChI=1S/C19H23F3N4O2S/c20-19(21,22)14-28-11-2-6-25-7-9-26(10-8-25)18(27)24-16-4-1-3-15(13-16)17-23-5-12-29-17/h1,3-5,12-13H,2,6-11,14H2,(H,24,27). The molecule has 3 rings (SSSR count). The van der Waals surface area contributed by atoms with E-state index in [0.29, 0.717) is 44.8 Å². The SMILES string of the molecule is O=C(Nc1cccc(-c2nccs2)c1)N1CCN(CCCOCC(F)(F)F)CC1. The summed E-state index contributed by atoms with van der Waals surface area (Å²) in [6, 6.07) is 7.41. The van der Waals surface area contributed by atoms with Gasteiger partial charge in [0.15, 0.2) is 0 Å². The molecular weight excluding hydrogens is 405 g/mol. The molecule has 1 aromatic heterocycles. The number of alkyl halides is 3. The number of amides is 2. The Bertz CT molecular complexity index is 778. The monoisotopic (exact) mass is 428 g/mol. The Morgan fingerprint density at radius 1 is 1.24 bits per heavy atom. The van der Waals surface area contributed by atoms with Crippen molar-refractivity contribution in [1.29, 1.82) is 0 Å².